The number of rotatable bonds is 4. The van der Waals surface area contributed by atoms with Gasteiger partial charge < -0.3 is 25.8 Å². The van der Waals surface area contributed by atoms with Gasteiger partial charge >= 0.3 is 6.03 Å². The largest absolute Gasteiger partial charge is 0.497 e. The molecule has 6 heteroatoms. The fourth-order valence-electron chi connectivity index (χ4n) is 2.43. The third kappa shape index (κ3) is 4.34. The topological polar surface area (TPSA) is 82.6 Å². The zero-order valence-corrected chi connectivity index (χ0v) is 12.5. The number of β-amino-alcohol motifs (C(OH)–C–C–N with tert-alkyl or cyclic N) is 1. The molecule has 4 N–H and O–H groups in total. The lowest BCUT2D eigenvalue weighted by Gasteiger charge is -2.28. The third-order valence-electron chi connectivity index (χ3n) is 3.80. The molecular formula is C15H23N3O3. The second-order valence-corrected chi connectivity index (χ2v) is 5.34. The second-order valence-electron chi connectivity index (χ2n) is 5.34. The van der Waals surface area contributed by atoms with E-state index in [4.69, 9.17) is 4.74 Å². The first kappa shape index (κ1) is 15.6. The van der Waals surface area contributed by atoms with Crippen LogP contribution in [0.1, 0.15) is 12.0 Å². The van der Waals surface area contributed by atoms with E-state index in [-0.39, 0.29) is 11.9 Å². The Hall–Kier alpha value is -1.79. The molecule has 1 aromatic rings. The number of carbonyl (C=O) groups excluding carboxylic acids is 1. The lowest BCUT2D eigenvalue weighted by Crippen LogP contribution is -2.46. The normalized spacial score (nSPS) is 21.7. The van der Waals surface area contributed by atoms with Gasteiger partial charge in [-0.1, -0.05) is 0 Å². The predicted molar refractivity (Wildman–Crippen MR) is 81.7 cm³/mol. The van der Waals surface area contributed by atoms with Gasteiger partial charge in [0.25, 0.3) is 0 Å². The molecule has 0 unspecified atom stereocenters. The highest BCUT2D eigenvalue weighted by molar-refractivity contribution is 5.90. The highest BCUT2D eigenvalue weighted by Gasteiger charge is 2.23. The third-order valence-corrected chi connectivity index (χ3v) is 3.80. The molecule has 0 spiro atoms. The molecule has 1 aromatic carbocycles. The summed E-state index contributed by atoms with van der Waals surface area (Å²) in [4.78, 5) is 11.9. The summed E-state index contributed by atoms with van der Waals surface area (Å²) in [5.41, 5.74) is 1.69. The monoisotopic (exact) mass is 293 g/mol. The van der Waals surface area contributed by atoms with E-state index in [1.54, 1.807) is 13.2 Å². The van der Waals surface area contributed by atoms with Crippen molar-refractivity contribution >= 4 is 11.7 Å². The fourth-order valence-corrected chi connectivity index (χ4v) is 2.43. The predicted octanol–water partition coefficient (Wildman–Crippen LogP) is 1.10. The van der Waals surface area contributed by atoms with Gasteiger partial charge in [-0.3, -0.25) is 0 Å². The number of nitrogens with one attached hydrogen (secondary N) is 3. The molecule has 0 aromatic heterocycles. The van der Waals surface area contributed by atoms with Gasteiger partial charge in [-0.25, -0.2) is 4.79 Å². The fraction of sp³-hybridized carbons (Fsp3) is 0.533. The van der Waals surface area contributed by atoms with Crippen LogP contribution in [0.4, 0.5) is 10.5 Å². The Kier molecular flexibility index (Phi) is 5.41. The molecule has 1 aliphatic heterocycles. The number of benzene rings is 1. The number of urea groups is 1. The van der Waals surface area contributed by atoms with E-state index in [0.717, 1.165) is 30.0 Å². The lowest BCUT2D eigenvalue weighted by atomic mass is 9.95. The van der Waals surface area contributed by atoms with Crippen LogP contribution in [0.25, 0.3) is 0 Å². The van der Waals surface area contributed by atoms with Crippen LogP contribution >= 0.6 is 0 Å². The number of aliphatic hydroxyl groups excluding tert-OH is 1. The molecule has 1 heterocycles. The van der Waals surface area contributed by atoms with Crippen molar-refractivity contribution in [2.24, 2.45) is 5.92 Å². The van der Waals surface area contributed by atoms with E-state index in [1.165, 1.54) is 0 Å². The number of hydrogen-bond acceptors (Lipinski definition) is 4. The van der Waals surface area contributed by atoms with Crippen molar-refractivity contribution in [2.75, 3.05) is 32.1 Å². The van der Waals surface area contributed by atoms with Crippen LogP contribution < -0.4 is 20.7 Å². The van der Waals surface area contributed by atoms with Gasteiger partial charge in [-0.15, -0.1) is 0 Å². The quantitative estimate of drug-likeness (QED) is 0.670. The highest BCUT2D eigenvalue weighted by Crippen LogP contribution is 2.20. The van der Waals surface area contributed by atoms with E-state index in [2.05, 4.69) is 16.0 Å². The summed E-state index contributed by atoms with van der Waals surface area (Å²) in [5, 5.41) is 18.6. The van der Waals surface area contributed by atoms with Crippen LogP contribution in [0.2, 0.25) is 0 Å². The molecule has 6 nitrogen and oxygen atoms in total. The van der Waals surface area contributed by atoms with Gasteiger partial charge in [-0.2, -0.15) is 0 Å². The molecule has 0 aliphatic carbocycles. The Balaban J connectivity index is 1.84. The molecule has 0 bridgehead atoms. The first-order chi connectivity index (χ1) is 10.1. The minimum Gasteiger partial charge on any atom is -0.497 e. The standard InChI is InChI=1S/C15H23N3O3/c1-10-7-12(21-2)3-4-13(10)18-15(20)17-8-11-5-6-16-9-14(11)19/h3-4,7,11,14,16,19H,5-6,8-9H2,1-2H3,(H2,17,18,20)/t11-,14+/m0/s1. The summed E-state index contributed by atoms with van der Waals surface area (Å²) in [7, 11) is 1.61. The Morgan fingerprint density at radius 1 is 1.52 bits per heavy atom. The molecule has 21 heavy (non-hydrogen) atoms. The number of carbonyl (C=O) groups is 1. The van der Waals surface area contributed by atoms with Crippen molar-refractivity contribution in [1.29, 1.82) is 0 Å². The summed E-state index contributed by atoms with van der Waals surface area (Å²) >= 11 is 0. The van der Waals surface area contributed by atoms with Gasteiger partial charge in [0.15, 0.2) is 0 Å². The van der Waals surface area contributed by atoms with E-state index in [0.29, 0.717) is 13.1 Å². The van der Waals surface area contributed by atoms with E-state index in [9.17, 15) is 9.90 Å². The summed E-state index contributed by atoms with van der Waals surface area (Å²) in [6.45, 7) is 3.85. The maximum atomic E-state index is 11.9. The molecular weight excluding hydrogens is 270 g/mol. The Morgan fingerprint density at radius 3 is 3.00 bits per heavy atom. The molecule has 1 aliphatic rings. The van der Waals surface area contributed by atoms with Crippen LogP contribution in [0.5, 0.6) is 5.75 Å². The summed E-state index contributed by atoms with van der Waals surface area (Å²) in [5.74, 6) is 0.866. The average Bonchev–Trinajstić information content (AvgIpc) is 2.48. The van der Waals surface area contributed by atoms with Crippen LogP contribution in [-0.4, -0.2) is 44.0 Å². The van der Waals surface area contributed by atoms with Crippen molar-refractivity contribution in [3.63, 3.8) is 0 Å². The van der Waals surface area contributed by atoms with E-state index in [1.807, 2.05) is 19.1 Å². The number of ether oxygens (including phenoxy) is 1. The minimum absolute atomic E-state index is 0.106. The molecule has 1 saturated heterocycles. The Bertz CT molecular complexity index is 493. The zero-order chi connectivity index (χ0) is 15.2. The van der Waals surface area contributed by atoms with Gasteiger partial charge in [0.1, 0.15) is 5.75 Å². The van der Waals surface area contributed by atoms with Crippen molar-refractivity contribution in [2.45, 2.75) is 19.4 Å². The number of amides is 2. The average molecular weight is 293 g/mol. The number of aryl methyl sites for hydroxylation is 1. The highest BCUT2D eigenvalue weighted by atomic mass is 16.5. The first-order valence-corrected chi connectivity index (χ1v) is 7.18. The molecule has 2 rings (SSSR count). The Labute approximate surface area is 124 Å². The molecule has 0 radical (unpaired) electrons. The van der Waals surface area contributed by atoms with Gasteiger partial charge in [0.2, 0.25) is 0 Å². The van der Waals surface area contributed by atoms with Crippen LogP contribution in [0, 0.1) is 12.8 Å². The number of anilines is 1. The van der Waals surface area contributed by atoms with Crippen molar-refractivity contribution in [1.82, 2.24) is 10.6 Å². The second kappa shape index (κ2) is 7.28. The number of aliphatic hydroxyl groups is 1. The summed E-state index contributed by atoms with van der Waals surface area (Å²) in [6.07, 6.45) is 0.463. The minimum atomic E-state index is -0.401. The summed E-state index contributed by atoms with van der Waals surface area (Å²) < 4.78 is 5.13. The summed E-state index contributed by atoms with van der Waals surface area (Å²) in [6, 6.07) is 5.23. The van der Waals surface area contributed by atoms with Crippen LogP contribution in [-0.2, 0) is 0 Å². The van der Waals surface area contributed by atoms with Crippen molar-refractivity contribution < 1.29 is 14.6 Å². The van der Waals surface area contributed by atoms with E-state index >= 15 is 0 Å². The van der Waals surface area contributed by atoms with Crippen LogP contribution in [0.15, 0.2) is 18.2 Å². The van der Waals surface area contributed by atoms with Crippen molar-refractivity contribution in [3.05, 3.63) is 23.8 Å². The van der Waals surface area contributed by atoms with Crippen LogP contribution in [0.3, 0.4) is 0 Å². The van der Waals surface area contributed by atoms with Gasteiger partial charge in [-0.05, 0) is 43.7 Å². The molecule has 1 fully saturated rings. The Morgan fingerprint density at radius 2 is 2.33 bits per heavy atom. The molecule has 2 amide bonds. The molecule has 0 saturated carbocycles. The lowest BCUT2D eigenvalue weighted by molar-refractivity contribution is 0.0830. The molecule has 116 valence electrons. The molecule has 2 atom stereocenters. The smallest absolute Gasteiger partial charge is 0.319 e. The maximum Gasteiger partial charge on any atom is 0.319 e. The zero-order valence-electron chi connectivity index (χ0n) is 12.5. The number of methoxy groups -OCH3 is 1. The SMILES string of the molecule is COc1ccc(NC(=O)NC[C@@H]2CCNC[C@H]2O)c(C)c1. The number of hydrogen-bond donors (Lipinski definition) is 4. The van der Waals surface area contributed by atoms with Crippen molar-refractivity contribution in [3.8, 4) is 5.75 Å². The maximum absolute atomic E-state index is 11.9. The van der Waals surface area contributed by atoms with Gasteiger partial charge in [0.05, 0.1) is 13.2 Å². The first-order valence-electron chi connectivity index (χ1n) is 7.18. The number of piperidine rings is 1. The van der Waals surface area contributed by atoms with Gasteiger partial charge in [0, 0.05) is 24.7 Å². The van der Waals surface area contributed by atoms with E-state index < -0.39 is 6.10 Å².